The van der Waals surface area contributed by atoms with Crippen molar-refractivity contribution in [3.63, 3.8) is 0 Å². The number of terminal acetylenes is 1. The van der Waals surface area contributed by atoms with Gasteiger partial charge in [-0.1, -0.05) is 17.7 Å². The molecule has 0 bridgehead atoms. The van der Waals surface area contributed by atoms with E-state index in [1.165, 1.54) is 11.8 Å². The minimum absolute atomic E-state index is 0.194. The molecule has 0 spiro atoms. The Bertz CT molecular complexity index is 777. The highest BCUT2D eigenvalue weighted by Crippen LogP contribution is 2.13. The molecule has 1 aromatic carbocycles. The van der Waals surface area contributed by atoms with E-state index >= 15 is 0 Å². The summed E-state index contributed by atoms with van der Waals surface area (Å²) in [5.41, 5.74) is 5.06. The molecular formula is C18H18N4O2S. The summed E-state index contributed by atoms with van der Waals surface area (Å²) in [6.07, 6.45) is 6.69. The lowest BCUT2D eigenvalue weighted by molar-refractivity contribution is -0.118. The predicted octanol–water partition coefficient (Wildman–Crippen LogP) is 2.35. The number of hydrogen-bond donors (Lipinski definition) is 1. The summed E-state index contributed by atoms with van der Waals surface area (Å²) < 4.78 is 5.28. The smallest absolute Gasteiger partial charge is 0.250 e. The van der Waals surface area contributed by atoms with E-state index < -0.39 is 0 Å². The third-order valence-electron chi connectivity index (χ3n) is 2.90. The number of rotatable bonds is 7. The fraction of sp³-hybridized carbons (Fsp3) is 0.222. The molecule has 25 heavy (non-hydrogen) atoms. The number of nitrogens with one attached hydrogen (secondary N) is 1. The molecular weight excluding hydrogens is 336 g/mol. The molecule has 1 N–H and O–H groups in total. The molecule has 1 amide bonds. The number of amides is 1. The van der Waals surface area contributed by atoms with Crippen LogP contribution in [0.2, 0.25) is 0 Å². The summed E-state index contributed by atoms with van der Waals surface area (Å²) in [6, 6.07) is 9.10. The Morgan fingerprint density at radius 2 is 2.00 bits per heavy atom. The van der Waals surface area contributed by atoms with Gasteiger partial charge in [0.1, 0.15) is 12.4 Å². The molecule has 1 aromatic heterocycles. The van der Waals surface area contributed by atoms with Crippen LogP contribution in [0.25, 0.3) is 0 Å². The molecule has 7 heteroatoms. The standard InChI is InChI=1S/C18H18N4O2S/c1-4-9-24-16-7-5-15(6-8-16)11-19-22-17(23)12-25-18-20-13(2)10-14(3)21-18/h1,5-8,10-11H,9,12H2,2-3H3,(H,22,23)/b19-11-. The molecule has 0 atom stereocenters. The topological polar surface area (TPSA) is 76.5 Å². The van der Waals surface area contributed by atoms with Crippen LogP contribution in [0.15, 0.2) is 40.6 Å². The third-order valence-corrected chi connectivity index (χ3v) is 3.75. The second-order valence-corrected chi connectivity index (χ2v) is 6.02. The highest BCUT2D eigenvalue weighted by Gasteiger charge is 2.05. The van der Waals surface area contributed by atoms with Crippen molar-refractivity contribution in [3.05, 3.63) is 47.3 Å². The number of carbonyl (C=O) groups is 1. The van der Waals surface area contributed by atoms with Crippen LogP contribution < -0.4 is 10.2 Å². The van der Waals surface area contributed by atoms with Crippen LogP contribution in [0.5, 0.6) is 5.75 Å². The van der Waals surface area contributed by atoms with Crippen molar-refractivity contribution < 1.29 is 9.53 Å². The monoisotopic (exact) mass is 354 g/mol. The number of ether oxygens (including phenoxy) is 1. The average Bonchev–Trinajstić information content (AvgIpc) is 2.58. The Kier molecular flexibility index (Phi) is 6.99. The number of hydrogen-bond acceptors (Lipinski definition) is 6. The Morgan fingerprint density at radius 3 is 2.64 bits per heavy atom. The van der Waals surface area contributed by atoms with Gasteiger partial charge in [0.15, 0.2) is 5.16 Å². The van der Waals surface area contributed by atoms with E-state index in [2.05, 4.69) is 26.4 Å². The first kappa shape index (κ1) is 18.5. The maximum atomic E-state index is 11.8. The highest BCUT2D eigenvalue weighted by atomic mass is 32.2. The fourth-order valence-electron chi connectivity index (χ4n) is 1.87. The van der Waals surface area contributed by atoms with Crippen molar-refractivity contribution in [1.82, 2.24) is 15.4 Å². The zero-order valence-corrected chi connectivity index (χ0v) is 14.8. The van der Waals surface area contributed by atoms with Gasteiger partial charge in [0.25, 0.3) is 5.91 Å². The summed E-state index contributed by atoms with van der Waals surface area (Å²) in [6.45, 7) is 4.02. The van der Waals surface area contributed by atoms with Gasteiger partial charge < -0.3 is 4.74 Å². The second-order valence-electron chi connectivity index (χ2n) is 5.08. The van der Waals surface area contributed by atoms with Crippen molar-refractivity contribution in [2.75, 3.05) is 12.4 Å². The van der Waals surface area contributed by atoms with Gasteiger partial charge in [-0.25, -0.2) is 15.4 Å². The lowest BCUT2D eigenvalue weighted by Gasteiger charge is -2.03. The van der Waals surface area contributed by atoms with Crippen LogP contribution in [0.3, 0.4) is 0 Å². The summed E-state index contributed by atoms with van der Waals surface area (Å²) >= 11 is 1.27. The van der Waals surface area contributed by atoms with Gasteiger partial charge in [0.2, 0.25) is 0 Å². The van der Waals surface area contributed by atoms with Gasteiger partial charge in [-0.15, -0.1) is 6.42 Å². The van der Waals surface area contributed by atoms with Gasteiger partial charge in [-0.05, 0) is 49.7 Å². The van der Waals surface area contributed by atoms with Crippen LogP contribution >= 0.6 is 11.8 Å². The maximum Gasteiger partial charge on any atom is 0.250 e. The number of nitrogens with zero attached hydrogens (tertiary/aromatic N) is 3. The quantitative estimate of drug-likeness (QED) is 0.272. The second kappa shape index (κ2) is 9.45. The number of thioether (sulfide) groups is 1. The summed E-state index contributed by atoms with van der Waals surface area (Å²) in [5, 5.41) is 4.51. The van der Waals surface area contributed by atoms with Gasteiger partial charge in [-0.2, -0.15) is 5.10 Å². The molecule has 6 nitrogen and oxygen atoms in total. The van der Waals surface area contributed by atoms with Crippen molar-refractivity contribution in [2.45, 2.75) is 19.0 Å². The molecule has 2 rings (SSSR count). The zero-order chi connectivity index (χ0) is 18.1. The van der Waals surface area contributed by atoms with Gasteiger partial charge in [0.05, 0.1) is 12.0 Å². The minimum atomic E-state index is -0.224. The molecule has 0 radical (unpaired) electrons. The van der Waals surface area contributed by atoms with Crippen LogP contribution in [-0.2, 0) is 4.79 Å². The van der Waals surface area contributed by atoms with Crippen LogP contribution in [0.4, 0.5) is 0 Å². The van der Waals surface area contributed by atoms with E-state index in [-0.39, 0.29) is 18.3 Å². The first-order valence-corrected chi connectivity index (χ1v) is 8.48. The highest BCUT2D eigenvalue weighted by molar-refractivity contribution is 7.99. The summed E-state index contributed by atoms with van der Waals surface area (Å²) in [4.78, 5) is 20.4. The Labute approximate surface area is 151 Å². The van der Waals surface area contributed by atoms with E-state index in [4.69, 9.17) is 11.2 Å². The van der Waals surface area contributed by atoms with Crippen LogP contribution in [-0.4, -0.2) is 34.4 Å². The van der Waals surface area contributed by atoms with Crippen molar-refractivity contribution in [2.24, 2.45) is 5.10 Å². The van der Waals surface area contributed by atoms with Crippen LogP contribution in [0, 0.1) is 26.2 Å². The number of aromatic nitrogens is 2. The van der Waals surface area contributed by atoms with E-state index in [1.807, 2.05) is 32.0 Å². The SMILES string of the molecule is C#CCOc1ccc(/C=N\NC(=O)CSc2nc(C)cc(C)n2)cc1. The first-order chi connectivity index (χ1) is 12.1. The lowest BCUT2D eigenvalue weighted by atomic mass is 10.2. The molecule has 128 valence electrons. The number of benzene rings is 1. The van der Waals surface area contributed by atoms with Crippen molar-refractivity contribution in [1.29, 1.82) is 0 Å². The zero-order valence-electron chi connectivity index (χ0n) is 14.0. The van der Waals surface area contributed by atoms with E-state index in [0.717, 1.165) is 17.0 Å². The van der Waals surface area contributed by atoms with Gasteiger partial charge >= 0.3 is 0 Å². The first-order valence-electron chi connectivity index (χ1n) is 7.50. The largest absolute Gasteiger partial charge is 0.481 e. The molecule has 0 aliphatic heterocycles. The lowest BCUT2D eigenvalue weighted by Crippen LogP contribution is -2.19. The molecule has 1 heterocycles. The number of hydrazone groups is 1. The molecule has 0 saturated heterocycles. The molecule has 0 saturated carbocycles. The molecule has 0 unspecified atom stereocenters. The summed E-state index contributed by atoms with van der Waals surface area (Å²) in [7, 11) is 0. The van der Waals surface area contributed by atoms with Crippen molar-refractivity contribution >= 4 is 23.9 Å². The third kappa shape index (κ3) is 6.65. The van der Waals surface area contributed by atoms with Crippen molar-refractivity contribution in [3.8, 4) is 18.1 Å². The fourth-order valence-corrected chi connectivity index (χ4v) is 2.62. The van der Waals surface area contributed by atoms with E-state index in [9.17, 15) is 4.79 Å². The Hall–Kier alpha value is -2.85. The minimum Gasteiger partial charge on any atom is -0.481 e. The number of carbonyl (C=O) groups excluding carboxylic acids is 1. The van der Waals surface area contributed by atoms with Gasteiger partial charge in [0, 0.05) is 11.4 Å². The Morgan fingerprint density at radius 1 is 1.32 bits per heavy atom. The summed E-state index contributed by atoms with van der Waals surface area (Å²) in [5.74, 6) is 3.05. The van der Waals surface area contributed by atoms with Crippen LogP contribution in [0.1, 0.15) is 17.0 Å². The number of aryl methyl sites for hydroxylation is 2. The van der Waals surface area contributed by atoms with E-state index in [0.29, 0.717) is 10.9 Å². The average molecular weight is 354 g/mol. The maximum absolute atomic E-state index is 11.8. The molecule has 0 aliphatic carbocycles. The normalized spacial score (nSPS) is 10.4. The Balaban J connectivity index is 1.79. The van der Waals surface area contributed by atoms with E-state index in [1.54, 1.807) is 18.3 Å². The molecule has 0 fully saturated rings. The molecule has 2 aromatic rings. The van der Waals surface area contributed by atoms with Gasteiger partial charge in [-0.3, -0.25) is 4.79 Å². The molecule has 0 aliphatic rings. The predicted molar refractivity (Wildman–Crippen MR) is 98.7 cm³/mol.